The summed E-state index contributed by atoms with van der Waals surface area (Å²) >= 11 is 1.45. The third kappa shape index (κ3) is 3.24. The van der Waals surface area contributed by atoms with E-state index in [4.69, 9.17) is 0 Å². The molecule has 19 heavy (non-hydrogen) atoms. The maximum Gasteiger partial charge on any atom is 0.134 e. The smallest absolute Gasteiger partial charge is 0.134 e. The summed E-state index contributed by atoms with van der Waals surface area (Å²) in [6.45, 7) is 4.99. The first-order chi connectivity index (χ1) is 9.07. The zero-order valence-corrected chi connectivity index (χ0v) is 13.3. The van der Waals surface area contributed by atoms with Crippen molar-refractivity contribution in [1.82, 2.24) is 19.4 Å². The van der Waals surface area contributed by atoms with Gasteiger partial charge in [-0.25, -0.2) is 0 Å². The Kier molecular flexibility index (Phi) is 4.76. The predicted molar refractivity (Wildman–Crippen MR) is 80.7 cm³/mol. The van der Waals surface area contributed by atoms with E-state index in [0.717, 1.165) is 30.3 Å². The fourth-order valence-corrected chi connectivity index (χ4v) is 3.39. The Morgan fingerprint density at radius 2 is 2.05 bits per heavy atom. The molecule has 0 amide bonds. The summed E-state index contributed by atoms with van der Waals surface area (Å²) in [6.07, 6.45) is 3.96. The first-order valence-electron chi connectivity index (χ1n) is 6.98. The van der Waals surface area contributed by atoms with Crippen LogP contribution in [0, 0.1) is 0 Å². The largest absolute Gasteiger partial charge is 0.374 e. The number of likely N-dealkylation sites (N-methyl/N-ethyl adjacent to an activating group) is 2. The fraction of sp³-hybridized carbons (Fsp3) is 0.846. The van der Waals surface area contributed by atoms with Crippen LogP contribution in [0.5, 0.6) is 0 Å². The highest BCUT2D eigenvalue weighted by molar-refractivity contribution is 7.10. The Hall–Kier alpha value is -0.720. The second-order valence-electron chi connectivity index (χ2n) is 5.72. The van der Waals surface area contributed by atoms with Gasteiger partial charge in [0.25, 0.3) is 0 Å². The standard InChI is InChI=1S/C13H25N5S/c1-5-14-12-11(15-16-19-12)9-18(4)10-13(17(2)3)7-6-8-13/h14H,5-10H2,1-4H3. The van der Waals surface area contributed by atoms with Crippen molar-refractivity contribution in [3.63, 3.8) is 0 Å². The third-order valence-corrected chi connectivity index (χ3v) is 4.84. The van der Waals surface area contributed by atoms with Crippen molar-refractivity contribution < 1.29 is 0 Å². The minimum atomic E-state index is 0.372. The molecule has 1 aromatic rings. The molecular weight excluding hydrogens is 258 g/mol. The van der Waals surface area contributed by atoms with Crippen LogP contribution in [0.25, 0.3) is 0 Å². The van der Waals surface area contributed by atoms with Crippen LogP contribution in [0.2, 0.25) is 0 Å². The molecule has 1 N–H and O–H groups in total. The van der Waals surface area contributed by atoms with Crippen molar-refractivity contribution in [1.29, 1.82) is 0 Å². The van der Waals surface area contributed by atoms with Crippen LogP contribution in [0.1, 0.15) is 31.9 Å². The molecule has 6 heteroatoms. The van der Waals surface area contributed by atoms with Crippen molar-refractivity contribution in [2.24, 2.45) is 0 Å². The molecule has 0 unspecified atom stereocenters. The molecule has 0 atom stereocenters. The van der Waals surface area contributed by atoms with Gasteiger partial charge in [0.2, 0.25) is 0 Å². The van der Waals surface area contributed by atoms with E-state index >= 15 is 0 Å². The Morgan fingerprint density at radius 1 is 1.32 bits per heavy atom. The summed E-state index contributed by atoms with van der Waals surface area (Å²) in [5.41, 5.74) is 1.44. The Balaban J connectivity index is 1.93. The molecule has 0 aliphatic heterocycles. The molecule has 5 nitrogen and oxygen atoms in total. The summed E-state index contributed by atoms with van der Waals surface area (Å²) in [5, 5.41) is 8.69. The second-order valence-corrected chi connectivity index (χ2v) is 6.48. The van der Waals surface area contributed by atoms with Gasteiger partial charge < -0.3 is 10.2 Å². The van der Waals surface area contributed by atoms with Gasteiger partial charge in [-0.15, -0.1) is 5.10 Å². The number of hydrogen-bond acceptors (Lipinski definition) is 6. The van der Waals surface area contributed by atoms with Gasteiger partial charge >= 0.3 is 0 Å². The number of rotatable bonds is 7. The number of aromatic nitrogens is 2. The number of anilines is 1. The third-order valence-electron chi connectivity index (χ3n) is 4.11. The van der Waals surface area contributed by atoms with E-state index in [1.807, 2.05) is 0 Å². The summed E-state index contributed by atoms with van der Waals surface area (Å²) < 4.78 is 4.05. The lowest BCUT2D eigenvalue weighted by Crippen LogP contribution is -2.56. The number of hydrogen-bond donors (Lipinski definition) is 1. The second kappa shape index (κ2) is 6.15. The van der Waals surface area contributed by atoms with Crippen LogP contribution in [0.4, 0.5) is 5.00 Å². The van der Waals surface area contributed by atoms with Crippen molar-refractivity contribution >= 4 is 16.5 Å². The monoisotopic (exact) mass is 283 g/mol. The molecule has 2 rings (SSSR count). The van der Waals surface area contributed by atoms with Crippen molar-refractivity contribution in [3.05, 3.63) is 5.69 Å². The zero-order valence-electron chi connectivity index (χ0n) is 12.4. The van der Waals surface area contributed by atoms with Crippen LogP contribution in [0.15, 0.2) is 0 Å². The van der Waals surface area contributed by atoms with E-state index in [0.29, 0.717) is 5.54 Å². The normalized spacial score (nSPS) is 17.8. The molecule has 108 valence electrons. The lowest BCUT2D eigenvalue weighted by molar-refractivity contribution is 0.0256. The lowest BCUT2D eigenvalue weighted by atomic mass is 9.75. The minimum Gasteiger partial charge on any atom is -0.374 e. The van der Waals surface area contributed by atoms with Gasteiger partial charge in [-0.3, -0.25) is 4.90 Å². The van der Waals surface area contributed by atoms with Gasteiger partial charge in [0, 0.05) is 36.7 Å². The summed E-state index contributed by atoms with van der Waals surface area (Å²) in [6, 6.07) is 0. The molecule has 1 aromatic heterocycles. The van der Waals surface area contributed by atoms with Gasteiger partial charge in [0.15, 0.2) is 0 Å². The lowest BCUT2D eigenvalue weighted by Gasteiger charge is -2.49. The molecule has 0 radical (unpaired) electrons. The van der Waals surface area contributed by atoms with Crippen LogP contribution in [-0.2, 0) is 6.54 Å². The SMILES string of the molecule is CCNc1snnc1CN(C)CC1(N(C)C)CCC1. The quantitative estimate of drug-likeness (QED) is 0.828. The fourth-order valence-electron chi connectivity index (χ4n) is 2.75. The van der Waals surface area contributed by atoms with Gasteiger partial charge in [0.05, 0.1) is 0 Å². The van der Waals surface area contributed by atoms with Crippen molar-refractivity contribution in [3.8, 4) is 0 Å². The molecular formula is C13H25N5S. The average Bonchev–Trinajstić information content (AvgIpc) is 2.71. The van der Waals surface area contributed by atoms with Crippen LogP contribution < -0.4 is 5.32 Å². The molecule has 1 heterocycles. The molecule has 1 fully saturated rings. The van der Waals surface area contributed by atoms with E-state index in [1.54, 1.807) is 0 Å². The molecule has 0 bridgehead atoms. The van der Waals surface area contributed by atoms with Crippen LogP contribution >= 0.6 is 11.5 Å². The number of nitrogens with one attached hydrogen (secondary N) is 1. The van der Waals surface area contributed by atoms with Gasteiger partial charge in [-0.2, -0.15) is 0 Å². The molecule has 1 saturated carbocycles. The molecule has 1 aliphatic carbocycles. The molecule has 0 saturated heterocycles. The van der Waals surface area contributed by atoms with Crippen LogP contribution in [0.3, 0.4) is 0 Å². The summed E-state index contributed by atoms with van der Waals surface area (Å²) in [7, 11) is 6.57. The van der Waals surface area contributed by atoms with E-state index in [-0.39, 0.29) is 0 Å². The zero-order chi connectivity index (χ0) is 13.9. The van der Waals surface area contributed by atoms with E-state index in [9.17, 15) is 0 Å². The minimum absolute atomic E-state index is 0.372. The van der Waals surface area contributed by atoms with E-state index in [2.05, 4.69) is 52.8 Å². The molecule has 1 aliphatic rings. The Labute approximate surface area is 120 Å². The Bertz CT molecular complexity index is 399. The highest BCUT2D eigenvalue weighted by atomic mass is 32.1. The number of nitrogens with zero attached hydrogens (tertiary/aromatic N) is 4. The first kappa shape index (κ1) is 14.7. The molecule has 0 aromatic carbocycles. The topological polar surface area (TPSA) is 44.3 Å². The summed E-state index contributed by atoms with van der Waals surface area (Å²) in [4.78, 5) is 4.76. The molecule has 0 spiro atoms. The van der Waals surface area contributed by atoms with Gasteiger partial charge in [0.1, 0.15) is 10.7 Å². The van der Waals surface area contributed by atoms with Crippen LogP contribution in [-0.4, -0.2) is 59.2 Å². The van der Waals surface area contributed by atoms with E-state index in [1.165, 1.54) is 30.8 Å². The maximum atomic E-state index is 4.24. The summed E-state index contributed by atoms with van der Waals surface area (Å²) in [5.74, 6) is 0. The maximum absolute atomic E-state index is 4.24. The van der Waals surface area contributed by atoms with Crippen molar-refractivity contribution in [2.75, 3.05) is 39.5 Å². The Morgan fingerprint density at radius 3 is 2.58 bits per heavy atom. The predicted octanol–water partition coefficient (Wildman–Crippen LogP) is 1.89. The highest BCUT2D eigenvalue weighted by Gasteiger charge is 2.39. The first-order valence-corrected chi connectivity index (χ1v) is 7.76. The van der Waals surface area contributed by atoms with Gasteiger partial charge in [-0.05, 0) is 47.3 Å². The highest BCUT2D eigenvalue weighted by Crippen LogP contribution is 2.37. The van der Waals surface area contributed by atoms with Crippen molar-refractivity contribution in [2.45, 2.75) is 38.3 Å². The van der Waals surface area contributed by atoms with Gasteiger partial charge in [-0.1, -0.05) is 4.49 Å². The average molecular weight is 283 g/mol. The van der Waals surface area contributed by atoms with E-state index < -0.39 is 0 Å².